The van der Waals surface area contributed by atoms with Crippen LogP contribution in [0.4, 0.5) is 0 Å². The van der Waals surface area contributed by atoms with Crippen LogP contribution in [-0.2, 0) is 4.79 Å². The zero-order valence-corrected chi connectivity index (χ0v) is 7.19. The maximum Gasteiger partial charge on any atom is 0.226 e. The van der Waals surface area contributed by atoms with Gasteiger partial charge >= 0.3 is 0 Å². The van der Waals surface area contributed by atoms with Crippen molar-refractivity contribution in [3.8, 4) is 0 Å². The van der Waals surface area contributed by atoms with Crippen molar-refractivity contribution < 1.29 is 4.79 Å². The summed E-state index contributed by atoms with van der Waals surface area (Å²) in [7, 11) is 0. The van der Waals surface area contributed by atoms with Crippen molar-refractivity contribution in [1.29, 1.82) is 0 Å². The summed E-state index contributed by atoms with van der Waals surface area (Å²) in [6, 6.07) is 0. The highest BCUT2D eigenvalue weighted by Gasteiger charge is 2.21. The molecule has 0 aliphatic heterocycles. The number of hydrogen-bond acceptors (Lipinski definition) is 1. The molecule has 0 aromatic heterocycles. The Morgan fingerprint density at radius 2 is 1.90 bits per heavy atom. The molecule has 0 rings (SSSR count). The number of carbonyl (C=O) groups is 1. The molecule has 1 amide bonds. The molecule has 0 aliphatic rings. The summed E-state index contributed by atoms with van der Waals surface area (Å²) in [6.45, 7) is 11.2. The third-order valence-electron chi connectivity index (χ3n) is 0.986. The predicted octanol–water partition coefficient (Wildman–Crippen LogP) is 1.37. The first-order valence-electron chi connectivity index (χ1n) is 3.50. The third-order valence-corrected chi connectivity index (χ3v) is 0.986. The summed E-state index contributed by atoms with van der Waals surface area (Å²) >= 11 is 0. The van der Waals surface area contributed by atoms with Gasteiger partial charge in [0.25, 0.3) is 0 Å². The van der Waals surface area contributed by atoms with E-state index < -0.39 is 0 Å². The van der Waals surface area contributed by atoms with Crippen LogP contribution >= 0.6 is 0 Å². The van der Waals surface area contributed by atoms with Gasteiger partial charge in [-0.25, -0.2) is 0 Å². The first-order valence-corrected chi connectivity index (χ1v) is 3.50. The molecule has 0 aromatic carbocycles. The van der Waals surface area contributed by atoms with Crippen LogP contribution in [-0.4, -0.2) is 11.4 Å². The van der Waals surface area contributed by atoms with E-state index in [1.54, 1.807) is 0 Å². The van der Waals surface area contributed by atoms with E-state index in [-0.39, 0.29) is 17.4 Å². The molecule has 0 saturated heterocycles. The summed E-state index contributed by atoms with van der Waals surface area (Å²) in [4.78, 5) is 11.0. The Labute approximate surface area is 63.0 Å². The average molecular weight is 142 g/mol. The Morgan fingerprint density at radius 1 is 1.50 bits per heavy atom. The van der Waals surface area contributed by atoms with Crippen molar-refractivity contribution in [2.75, 3.05) is 0 Å². The van der Waals surface area contributed by atoms with Crippen molar-refractivity contribution in [3.63, 3.8) is 0 Å². The van der Waals surface area contributed by atoms with Crippen LogP contribution in [0, 0.1) is 12.8 Å². The fourth-order valence-corrected chi connectivity index (χ4v) is 0.478. The van der Waals surface area contributed by atoms with E-state index in [0.29, 0.717) is 0 Å². The fraction of sp³-hybridized carbons (Fsp3) is 0.750. The van der Waals surface area contributed by atoms with Crippen molar-refractivity contribution in [3.05, 3.63) is 6.92 Å². The molecular weight excluding hydrogens is 126 g/mol. The highest BCUT2D eigenvalue weighted by atomic mass is 16.1. The zero-order valence-electron chi connectivity index (χ0n) is 7.19. The van der Waals surface area contributed by atoms with Crippen LogP contribution in [0.5, 0.6) is 0 Å². The molecule has 0 spiro atoms. The minimum atomic E-state index is -0.346. The van der Waals surface area contributed by atoms with Crippen LogP contribution in [0.3, 0.4) is 0 Å². The van der Waals surface area contributed by atoms with Crippen molar-refractivity contribution in [1.82, 2.24) is 5.32 Å². The number of carbonyl (C=O) groups excluding carboxylic acids is 1. The second-order valence-corrected chi connectivity index (χ2v) is 3.53. The summed E-state index contributed by atoms with van der Waals surface area (Å²) in [5.74, 6) is 0.0982. The fourth-order valence-electron chi connectivity index (χ4n) is 0.478. The van der Waals surface area contributed by atoms with E-state index in [2.05, 4.69) is 12.2 Å². The Bertz CT molecular complexity index is 122. The van der Waals surface area contributed by atoms with Gasteiger partial charge in [-0.2, -0.15) is 0 Å². The maximum atomic E-state index is 11.0. The standard InChI is InChI=1S/C8H15NO/c1-6(2)7(10)9-8(3,4)5/h6H,3H2,1-2,4-5H3/p+1. The van der Waals surface area contributed by atoms with Crippen molar-refractivity contribution in [2.24, 2.45) is 5.92 Å². The average Bonchev–Trinajstić information content (AvgIpc) is 1.60. The molecule has 0 radical (unpaired) electrons. The molecule has 58 valence electrons. The van der Waals surface area contributed by atoms with Gasteiger partial charge in [0.1, 0.15) is 0 Å². The molecule has 10 heavy (non-hydrogen) atoms. The van der Waals surface area contributed by atoms with Crippen molar-refractivity contribution in [2.45, 2.75) is 33.2 Å². The molecule has 2 nitrogen and oxygen atoms in total. The normalized spacial score (nSPS) is 11.7. The molecule has 0 bridgehead atoms. The van der Waals surface area contributed by atoms with Gasteiger partial charge in [0.05, 0.1) is 6.92 Å². The van der Waals surface area contributed by atoms with Crippen LogP contribution in [0.25, 0.3) is 0 Å². The zero-order chi connectivity index (χ0) is 8.36. The summed E-state index contributed by atoms with van der Waals surface area (Å²) in [5.41, 5.74) is -0.346. The largest absolute Gasteiger partial charge is 0.313 e. The molecule has 2 heteroatoms. The van der Waals surface area contributed by atoms with Gasteiger partial charge in [-0.3, -0.25) is 4.79 Å². The van der Waals surface area contributed by atoms with Crippen LogP contribution < -0.4 is 5.32 Å². The Morgan fingerprint density at radius 3 is 2.00 bits per heavy atom. The van der Waals surface area contributed by atoms with E-state index in [0.717, 1.165) is 0 Å². The predicted molar refractivity (Wildman–Crippen MR) is 42.4 cm³/mol. The first kappa shape index (κ1) is 9.34. The van der Waals surface area contributed by atoms with E-state index in [4.69, 9.17) is 0 Å². The molecule has 0 aliphatic carbocycles. The molecule has 0 saturated carbocycles. The molecule has 0 heterocycles. The van der Waals surface area contributed by atoms with Gasteiger partial charge < -0.3 is 5.32 Å². The van der Waals surface area contributed by atoms with E-state index >= 15 is 0 Å². The second-order valence-electron chi connectivity index (χ2n) is 3.53. The van der Waals surface area contributed by atoms with Gasteiger partial charge in [-0.05, 0) is 0 Å². The summed E-state index contributed by atoms with van der Waals surface area (Å²) < 4.78 is 0. The lowest BCUT2D eigenvalue weighted by atomic mass is 10.1. The maximum absolute atomic E-state index is 11.0. The smallest absolute Gasteiger partial charge is 0.226 e. The van der Waals surface area contributed by atoms with Gasteiger partial charge in [0.15, 0.2) is 5.54 Å². The lowest BCUT2D eigenvalue weighted by molar-refractivity contribution is -0.125. The first-order chi connectivity index (χ1) is 4.33. The van der Waals surface area contributed by atoms with E-state index in [9.17, 15) is 4.79 Å². The highest BCUT2D eigenvalue weighted by Crippen LogP contribution is 2.00. The topological polar surface area (TPSA) is 29.1 Å². The second kappa shape index (κ2) is 2.95. The lowest BCUT2D eigenvalue weighted by Gasteiger charge is -2.15. The molecule has 0 atom stereocenters. The molecule has 1 N–H and O–H groups in total. The number of hydrogen-bond donors (Lipinski definition) is 1. The summed E-state index contributed by atoms with van der Waals surface area (Å²) in [6.07, 6.45) is 0. The molecular formula is C8H16NO+. The minimum Gasteiger partial charge on any atom is -0.313 e. The molecule has 0 unspecified atom stereocenters. The van der Waals surface area contributed by atoms with Crippen LogP contribution in [0.1, 0.15) is 27.7 Å². The van der Waals surface area contributed by atoms with Gasteiger partial charge in [-0.15, -0.1) is 0 Å². The van der Waals surface area contributed by atoms with Gasteiger partial charge in [0, 0.05) is 19.8 Å². The number of nitrogens with one attached hydrogen (secondary N) is 1. The lowest BCUT2D eigenvalue weighted by Crippen LogP contribution is -2.42. The molecule has 0 aromatic rings. The van der Waals surface area contributed by atoms with Gasteiger partial charge in [-0.1, -0.05) is 13.8 Å². The number of rotatable bonds is 2. The highest BCUT2D eigenvalue weighted by molar-refractivity contribution is 5.78. The third kappa shape index (κ3) is 4.24. The number of amides is 1. The van der Waals surface area contributed by atoms with E-state index in [1.807, 2.05) is 27.7 Å². The van der Waals surface area contributed by atoms with E-state index in [1.165, 1.54) is 0 Å². The Kier molecular flexibility index (Phi) is 2.76. The Hall–Kier alpha value is -0.660. The quantitative estimate of drug-likeness (QED) is 0.580. The van der Waals surface area contributed by atoms with Crippen LogP contribution in [0.2, 0.25) is 0 Å². The monoisotopic (exact) mass is 142 g/mol. The van der Waals surface area contributed by atoms with Crippen LogP contribution in [0.15, 0.2) is 0 Å². The minimum absolute atomic E-state index is 0.0426. The molecule has 0 fully saturated rings. The van der Waals surface area contributed by atoms with Crippen molar-refractivity contribution >= 4 is 5.91 Å². The SMILES string of the molecule is [CH2+]C(C)(C)NC(=O)C(C)C. The summed E-state index contributed by atoms with van der Waals surface area (Å²) in [5, 5.41) is 2.77. The van der Waals surface area contributed by atoms with Gasteiger partial charge in [0.2, 0.25) is 5.91 Å². The Balaban J connectivity index is 3.81.